The van der Waals surface area contributed by atoms with E-state index in [0.717, 1.165) is 28.8 Å². The Bertz CT molecular complexity index is 863. The highest BCUT2D eigenvalue weighted by Crippen LogP contribution is 2.28. The fourth-order valence-corrected chi connectivity index (χ4v) is 2.35. The Kier molecular flexibility index (Phi) is 3.33. The predicted molar refractivity (Wildman–Crippen MR) is 79.4 cm³/mol. The van der Waals surface area contributed by atoms with Gasteiger partial charge in [0.25, 0.3) is 0 Å². The summed E-state index contributed by atoms with van der Waals surface area (Å²) in [5.74, 6) is -1.13. The molecular formula is C16H11ClF2N2. The van der Waals surface area contributed by atoms with Gasteiger partial charge in [-0.25, -0.2) is 18.7 Å². The van der Waals surface area contributed by atoms with Crippen molar-refractivity contribution in [2.45, 2.75) is 13.8 Å². The summed E-state index contributed by atoms with van der Waals surface area (Å²) in [5, 5.41) is 0.202. The molecule has 0 amide bonds. The van der Waals surface area contributed by atoms with Gasteiger partial charge < -0.3 is 0 Å². The Morgan fingerprint density at radius 2 is 1.71 bits per heavy atom. The van der Waals surface area contributed by atoms with Crippen molar-refractivity contribution in [3.05, 3.63) is 58.2 Å². The van der Waals surface area contributed by atoms with Crippen LogP contribution in [0.4, 0.5) is 8.78 Å². The fourth-order valence-electron chi connectivity index (χ4n) is 2.13. The molecule has 0 fully saturated rings. The average molecular weight is 305 g/mol. The van der Waals surface area contributed by atoms with Crippen molar-refractivity contribution in [1.29, 1.82) is 0 Å². The Labute approximate surface area is 125 Å². The van der Waals surface area contributed by atoms with Gasteiger partial charge in [0, 0.05) is 17.0 Å². The average Bonchev–Trinajstić information content (AvgIpc) is 2.43. The second kappa shape index (κ2) is 5.04. The maximum absolute atomic E-state index is 13.9. The number of rotatable bonds is 1. The van der Waals surface area contributed by atoms with E-state index < -0.39 is 11.6 Å². The zero-order valence-corrected chi connectivity index (χ0v) is 12.2. The van der Waals surface area contributed by atoms with Crippen LogP contribution in [-0.4, -0.2) is 9.97 Å². The standard InChI is InChI=1S/C16H11ClF2N2/c1-8-3-4-10(5-9(8)2)16-20-14-12(15(17)21-16)6-11(18)7-13(14)19/h3-7H,1-2H3. The molecule has 0 N–H and O–H groups in total. The van der Waals surface area contributed by atoms with Crippen LogP contribution >= 0.6 is 11.6 Å². The lowest BCUT2D eigenvalue weighted by Crippen LogP contribution is -1.96. The van der Waals surface area contributed by atoms with Gasteiger partial charge in [0.2, 0.25) is 0 Å². The summed E-state index contributed by atoms with van der Waals surface area (Å²) in [6.45, 7) is 3.97. The molecule has 1 heterocycles. The molecule has 0 saturated carbocycles. The lowest BCUT2D eigenvalue weighted by atomic mass is 10.1. The molecule has 0 bridgehead atoms. The summed E-state index contributed by atoms with van der Waals surface area (Å²) in [6, 6.07) is 7.61. The van der Waals surface area contributed by atoms with Gasteiger partial charge in [0.15, 0.2) is 11.6 Å². The normalized spacial score (nSPS) is 11.1. The molecule has 2 aromatic carbocycles. The Hall–Kier alpha value is -2.07. The quantitative estimate of drug-likeness (QED) is 0.601. The highest BCUT2D eigenvalue weighted by Gasteiger charge is 2.13. The van der Waals surface area contributed by atoms with Crippen LogP contribution in [0.3, 0.4) is 0 Å². The van der Waals surface area contributed by atoms with E-state index in [9.17, 15) is 8.78 Å². The highest BCUT2D eigenvalue weighted by molar-refractivity contribution is 6.34. The zero-order chi connectivity index (χ0) is 15.1. The first-order valence-electron chi connectivity index (χ1n) is 6.35. The first-order valence-corrected chi connectivity index (χ1v) is 6.73. The van der Waals surface area contributed by atoms with E-state index in [0.29, 0.717) is 5.82 Å². The number of benzene rings is 2. The summed E-state index contributed by atoms with van der Waals surface area (Å²) in [4.78, 5) is 8.33. The van der Waals surface area contributed by atoms with E-state index in [1.54, 1.807) is 0 Å². The molecule has 0 spiro atoms. The largest absolute Gasteiger partial charge is 0.225 e. The zero-order valence-electron chi connectivity index (χ0n) is 11.4. The minimum Gasteiger partial charge on any atom is -0.225 e. The third-order valence-electron chi connectivity index (χ3n) is 3.44. The fraction of sp³-hybridized carbons (Fsp3) is 0.125. The lowest BCUT2D eigenvalue weighted by molar-refractivity contribution is 0.590. The summed E-state index contributed by atoms with van der Waals surface area (Å²) in [7, 11) is 0. The third-order valence-corrected chi connectivity index (χ3v) is 3.73. The van der Waals surface area contributed by atoms with E-state index in [1.807, 2.05) is 32.0 Å². The predicted octanol–water partition coefficient (Wildman–Crippen LogP) is 4.85. The maximum Gasteiger partial charge on any atom is 0.161 e. The minimum absolute atomic E-state index is 0.0182. The van der Waals surface area contributed by atoms with E-state index in [1.165, 1.54) is 0 Å². The number of aromatic nitrogens is 2. The van der Waals surface area contributed by atoms with Gasteiger partial charge in [-0.2, -0.15) is 0 Å². The summed E-state index contributed by atoms with van der Waals surface area (Å²) < 4.78 is 27.1. The number of aryl methyl sites for hydroxylation is 2. The van der Waals surface area contributed by atoms with Crippen LogP contribution in [0, 0.1) is 25.5 Å². The lowest BCUT2D eigenvalue weighted by Gasteiger charge is -2.07. The molecule has 3 rings (SSSR count). The molecular weight excluding hydrogens is 294 g/mol. The minimum atomic E-state index is -0.751. The van der Waals surface area contributed by atoms with Crippen molar-refractivity contribution in [1.82, 2.24) is 9.97 Å². The summed E-state index contributed by atoms with van der Waals surface area (Å²) >= 11 is 6.04. The van der Waals surface area contributed by atoms with E-state index in [2.05, 4.69) is 9.97 Å². The highest BCUT2D eigenvalue weighted by atomic mass is 35.5. The molecule has 2 nitrogen and oxygen atoms in total. The van der Waals surface area contributed by atoms with Crippen molar-refractivity contribution in [3.8, 4) is 11.4 Å². The molecule has 0 unspecified atom stereocenters. The van der Waals surface area contributed by atoms with Gasteiger partial charge in [0.05, 0.1) is 0 Å². The van der Waals surface area contributed by atoms with Gasteiger partial charge in [-0.15, -0.1) is 0 Å². The first-order chi connectivity index (χ1) is 9.95. The van der Waals surface area contributed by atoms with Crippen LogP contribution in [0.5, 0.6) is 0 Å². The molecule has 0 aliphatic rings. The molecule has 0 aliphatic carbocycles. The maximum atomic E-state index is 13.9. The summed E-state index contributed by atoms with van der Waals surface area (Å²) in [5.41, 5.74) is 2.97. The van der Waals surface area contributed by atoms with E-state index in [4.69, 9.17) is 11.6 Å². The number of hydrogen-bond acceptors (Lipinski definition) is 2. The van der Waals surface area contributed by atoms with Crippen molar-refractivity contribution in [2.24, 2.45) is 0 Å². The monoisotopic (exact) mass is 304 g/mol. The second-order valence-corrected chi connectivity index (χ2v) is 5.28. The molecule has 0 atom stereocenters. The second-order valence-electron chi connectivity index (χ2n) is 4.92. The summed E-state index contributed by atoms with van der Waals surface area (Å²) in [6.07, 6.45) is 0. The van der Waals surface area contributed by atoms with Crippen LogP contribution in [0.15, 0.2) is 30.3 Å². The first kappa shape index (κ1) is 13.9. The molecule has 0 saturated heterocycles. The molecule has 21 heavy (non-hydrogen) atoms. The third kappa shape index (κ3) is 2.47. The van der Waals surface area contributed by atoms with Crippen molar-refractivity contribution in [2.75, 3.05) is 0 Å². The number of nitrogens with zero attached hydrogens (tertiary/aromatic N) is 2. The number of fused-ring (bicyclic) bond motifs is 1. The van der Waals surface area contributed by atoms with Gasteiger partial charge in [-0.3, -0.25) is 0 Å². The molecule has 5 heteroatoms. The van der Waals surface area contributed by atoms with Crippen molar-refractivity contribution < 1.29 is 8.78 Å². The van der Waals surface area contributed by atoms with Crippen LogP contribution in [0.1, 0.15) is 11.1 Å². The number of hydrogen-bond donors (Lipinski definition) is 0. The van der Waals surface area contributed by atoms with Gasteiger partial charge in [-0.1, -0.05) is 23.7 Å². The smallest absolute Gasteiger partial charge is 0.161 e. The molecule has 0 aliphatic heterocycles. The molecule has 1 aromatic heterocycles. The molecule has 106 valence electrons. The topological polar surface area (TPSA) is 25.8 Å². The Morgan fingerprint density at radius 3 is 2.43 bits per heavy atom. The Morgan fingerprint density at radius 1 is 0.952 bits per heavy atom. The van der Waals surface area contributed by atoms with Gasteiger partial charge in [0.1, 0.15) is 16.5 Å². The van der Waals surface area contributed by atoms with Crippen LogP contribution in [-0.2, 0) is 0 Å². The number of halogens is 3. The van der Waals surface area contributed by atoms with Crippen molar-refractivity contribution in [3.63, 3.8) is 0 Å². The van der Waals surface area contributed by atoms with Crippen LogP contribution in [0.25, 0.3) is 22.3 Å². The molecule has 0 radical (unpaired) electrons. The molecule has 3 aromatic rings. The van der Waals surface area contributed by atoms with E-state index in [-0.39, 0.29) is 16.1 Å². The SMILES string of the molecule is Cc1ccc(-c2nc(Cl)c3cc(F)cc(F)c3n2)cc1C. The van der Waals surface area contributed by atoms with Crippen molar-refractivity contribution >= 4 is 22.5 Å². The Balaban J connectivity index is 2.27. The van der Waals surface area contributed by atoms with Crippen LogP contribution < -0.4 is 0 Å². The van der Waals surface area contributed by atoms with Crippen LogP contribution in [0.2, 0.25) is 5.15 Å². The van der Waals surface area contributed by atoms with E-state index >= 15 is 0 Å². The van der Waals surface area contributed by atoms with Gasteiger partial charge >= 0.3 is 0 Å². The van der Waals surface area contributed by atoms with Gasteiger partial charge in [-0.05, 0) is 37.1 Å².